The summed E-state index contributed by atoms with van der Waals surface area (Å²) in [7, 11) is 0. The maximum Gasteiger partial charge on any atom is 0.0740 e. The smallest absolute Gasteiger partial charge is 0.0740 e. The van der Waals surface area contributed by atoms with Gasteiger partial charge in [0, 0.05) is 13.0 Å². The van der Waals surface area contributed by atoms with Crippen LogP contribution in [0.5, 0.6) is 0 Å². The van der Waals surface area contributed by atoms with Crippen molar-refractivity contribution in [2.24, 2.45) is 11.1 Å². The molecule has 0 aliphatic carbocycles. The van der Waals surface area contributed by atoms with Crippen LogP contribution >= 0.6 is 12.2 Å². The average Bonchev–Trinajstić information content (AvgIpc) is 2.02. The summed E-state index contributed by atoms with van der Waals surface area (Å²) in [5, 5.41) is 0. The minimum atomic E-state index is 0.413. The Kier molecular flexibility index (Phi) is 6.29. The van der Waals surface area contributed by atoms with Crippen LogP contribution in [-0.4, -0.2) is 29.5 Å². The zero-order valence-electron chi connectivity index (χ0n) is 9.97. The van der Waals surface area contributed by atoms with Gasteiger partial charge in [0.2, 0.25) is 0 Å². The van der Waals surface area contributed by atoms with Gasteiger partial charge in [-0.1, -0.05) is 39.9 Å². The molecule has 3 heteroatoms. The van der Waals surface area contributed by atoms with Crippen LogP contribution in [0, 0.1) is 5.41 Å². The van der Waals surface area contributed by atoms with E-state index in [1.807, 2.05) is 0 Å². The summed E-state index contributed by atoms with van der Waals surface area (Å²) >= 11 is 4.87. The fraction of sp³-hybridized carbons (Fsp3) is 0.909. The van der Waals surface area contributed by atoms with E-state index in [-0.39, 0.29) is 0 Å². The summed E-state index contributed by atoms with van der Waals surface area (Å²) in [5.74, 6) is 0. The molecule has 0 radical (unpaired) electrons. The number of thiocarbonyl (C=S) groups is 1. The predicted molar refractivity (Wildman–Crippen MR) is 67.6 cm³/mol. The molecule has 0 spiro atoms. The second-order valence-corrected chi connectivity index (χ2v) is 5.49. The van der Waals surface area contributed by atoms with Gasteiger partial charge in [0.05, 0.1) is 4.99 Å². The SMILES string of the molecule is CCN(CCC(N)=S)CCC(C)(C)C. The first-order valence-electron chi connectivity index (χ1n) is 5.36. The van der Waals surface area contributed by atoms with E-state index in [0.29, 0.717) is 10.4 Å². The number of nitrogens with two attached hydrogens (primary N) is 1. The van der Waals surface area contributed by atoms with Crippen molar-refractivity contribution in [3.8, 4) is 0 Å². The zero-order valence-corrected chi connectivity index (χ0v) is 10.8. The third kappa shape index (κ3) is 8.45. The third-order valence-corrected chi connectivity index (χ3v) is 2.50. The van der Waals surface area contributed by atoms with Crippen LogP contribution in [0.15, 0.2) is 0 Å². The van der Waals surface area contributed by atoms with Crippen molar-refractivity contribution in [2.45, 2.75) is 40.5 Å². The Morgan fingerprint density at radius 2 is 1.86 bits per heavy atom. The van der Waals surface area contributed by atoms with Gasteiger partial charge in [-0.2, -0.15) is 0 Å². The Hall–Kier alpha value is -0.150. The van der Waals surface area contributed by atoms with Crippen LogP contribution in [0.2, 0.25) is 0 Å². The van der Waals surface area contributed by atoms with Crippen LogP contribution in [0.1, 0.15) is 40.5 Å². The standard InChI is InChI=1S/C11H24N2S/c1-5-13(8-6-10(12)14)9-7-11(2,3)4/h5-9H2,1-4H3,(H2,12,14). The third-order valence-electron chi connectivity index (χ3n) is 2.30. The van der Waals surface area contributed by atoms with Crippen molar-refractivity contribution in [1.29, 1.82) is 0 Å². The molecule has 0 amide bonds. The van der Waals surface area contributed by atoms with Gasteiger partial charge in [-0.3, -0.25) is 0 Å². The van der Waals surface area contributed by atoms with Crippen LogP contribution < -0.4 is 5.73 Å². The molecule has 0 aromatic rings. The van der Waals surface area contributed by atoms with Gasteiger partial charge < -0.3 is 10.6 Å². The van der Waals surface area contributed by atoms with E-state index in [1.165, 1.54) is 6.42 Å². The Bertz CT molecular complexity index is 173. The summed E-state index contributed by atoms with van der Waals surface area (Å²) < 4.78 is 0. The molecule has 0 aromatic heterocycles. The van der Waals surface area contributed by atoms with E-state index in [1.54, 1.807) is 0 Å². The minimum Gasteiger partial charge on any atom is -0.393 e. The Labute approximate surface area is 93.8 Å². The highest BCUT2D eigenvalue weighted by Crippen LogP contribution is 2.18. The summed E-state index contributed by atoms with van der Waals surface area (Å²) in [6.07, 6.45) is 2.06. The average molecular weight is 216 g/mol. The first-order valence-corrected chi connectivity index (χ1v) is 5.76. The van der Waals surface area contributed by atoms with Crippen molar-refractivity contribution in [3.63, 3.8) is 0 Å². The molecule has 0 saturated carbocycles. The normalized spacial score (nSPS) is 12.1. The van der Waals surface area contributed by atoms with Crippen molar-refractivity contribution in [1.82, 2.24) is 4.90 Å². The largest absolute Gasteiger partial charge is 0.393 e. The van der Waals surface area contributed by atoms with Crippen LogP contribution in [0.25, 0.3) is 0 Å². The van der Waals surface area contributed by atoms with Gasteiger partial charge in [0.1, 0.15) is 0 Å². The first kappa shape index (κ1) is 13.8. The van der Waals surface area contributed by atoms with Gasteiger partial charge in [0.15, 0.2) is 0 Å². The lowest BCUT2D eigenvalue weighted by atomic mass is 9.92. The molecular formula is C11H24N2S. The van der Waals surface area contributed by atoms with Gasteiger partial charge in [0.25, 0.3) is 0 Å². The van der Waals surface area contributed by atoms with Gasteiger partial charge in [-0.05, 0) is 24.9 Å². The number of hydrogen-bond donors (Lipinski definition) is 1. The van der Waals surface area contributed by atoms with Crippen molar-refractivity contribution < 1.29 is 0 Å². The first-order chi connectivity index (χ1) is 6.35. The van der Waals surface area contributed by atoms with E-state index >= 15 is 0 Å². The molecule has 0 aromatic carbocycles. The van der Waals surface area contributed by atoms with Gasteiger partial charge >= 0.3 is 0 Å². The van der Waals surface area contributed by atoms with Crippen molar-refractivity contribution in [3.05, 3.63) is 0 Å². The zero-order chi connectivity index (χ0) is 11.2. The lowest BCUT2D eigenvalue weighted by Crippen LogP contribution is -2.30. The molecule has 0 atom stereocenters. The minimum absolute atomic E-state index is 0.413. The summed E-state index contributed by atoms with van der Waals surface area (Å²) in [6.45, 7) is 12.2. The molecule has 0 aliphatic heterocycles. The number of hydrogen-bond acceptors (Lipinski definition) is 2. The molecule has 0 heterocycles. The summed E-state index contributed by atoms with van der Waals surface area (Å²) in [4.78, 5) is 3.03. The quantitative estimate of drug-likeness (QED) is 0.691. The van der Waals surface area contributed by atoms with Crippen LogP contribution in [0.4, 0.5) is 0 Å². The monoisotopic (exact) mass is 216 g/mol. The Morgan fingerprint density at radius 1 is 1.29 bits per heavy atom. The lowest BCUT2D eigenvalue weighted by Gasteiger charge is -2.25. The van der Waals surface area contributed by atoms with Gasteiger partial charge in [-0.15, -0.1) is 0 Å². The van der Waals surface area contributed by atoms with Crippen molar-refractivity contribution in [2.75, 3.05) is 19.6 Å². The maximum atomic E-state index is 5.48. The molecule has 2 N–H and O–H groups in total. The topological polar surface area (TPSA) is 29.3 Å². The van der Waals surface area contributed by atoms with Gasteiger partial charge in [-0.25, -0.2) is 0 Å². The van der Waals surface area contributed by atoms with Crippen LogP contribution in [0.3, 0.4) is 0 Å². The molecule has 2 nitrogen and oxygen atoms in total. The Morgan fingerprint density at radius 3 is 2.21 bits per heavy atom. The fourth-order valence-corrected chi connectivity index (χ4v) is 1.28. The highest BCUT2D eigenvalue weighted by atomic mass is 32.1. The molecule has 0 saturated heterocycles. The molecule has 0 unspecified atom stereocenters. The van der Waals surface area contributed by atoms with E-state index in [0.717, 1.165) is 26.1 Å². The highest BCUT2D eigenvalue weighted by Gasteiger charge is 2.12. The number of rotatable bonds is 6. The molecule has 14 heavy (non-hydrogen) atoms. The maximum absolute atomic E-state index is 5.48. The Balaban J connectivity index is 3.74. The van der Waals surface area contributed by atoms with Crippen LogP contribution in [-0.2, 0) is 0 Å². The predicted octanol–water partition coefficient (Wildman–Crippen LogP) is 2.42. The molecule has 0 fully saturated rings. The molecular weight excluding hydrogens is 192 g/mol. The van der Waals surface area contributed by atoms with E-state index < -0.39 is 0 Å². The fourth-order valence-electron chi connectivity index (χ4n) is 1.19. The van der Waals surface area contributed by atoms with E-state index in [4.69, 9.17) is 18.0 Å². The molecule has 0 bridgehead atoms. The highest BCUT2D eigenvalue weighted by molar-refractivity contribution is 7.80. The summed E-state index contributed by atoms with van der Waals surface area (Å²) in [6, 6.07) is 0. The molecule has 84 valence electrons. The molecule has 0 aliphatic rings. The van der Waals surface area contributed by atoms with E-state index in [2.05, 4.69) is 32.6 Å². The number of nitrogens with zero attached hydrogens (tertiary/aromatic N) is 1. The lowest BCUT2D eigenvalue weighted by molar-refractivity contribution is 0.241. The second-order valence-electron chi connectivity index (χ2n) is 4.96. The second kappa shape index (κ2) is 6.36. The van der Waals surface area contributed by atoms with E-state index in [9.17, 15) is 0 Å². The summed E-state index contributed by atoms with van der Waals surface area (Å²) in [5.41, 5.74) is 5.90. The molecule has 0 rings (SSSR count). The van der Waals surface area contributed by atoms with Crippen molar-refractivity contribution >= 4 is 17.2 Å².